The number of benzene rings is 2. The Balaban J connectivity index is 2.14. The molecule has 1 heterocycles. The van der Waals surface area contributed by atoms with Gasteiger partial charge in [0.25, 0.3) is 5.91 Å². The second-order valence-electron chi connectivity index (χ2n) is 5.10. The number of aryl methyl sites for hydroxylation is 1. The standard InChI is InChI=1S/C16H14ClN3OS/c1-8-4-13-12-5-10(17)3-2-9(12)7-22-14(13)6-11(8)15(21)20-16(18)19/h2-6H,7H2,1H3,(H4,18,19,20,21). The van der Waals surface area contributed by atoms with E-state index in [4.69, 9.17) is 23.1 Å². The van der Waals surface area contributed by atoms with E-state index in [2.05, 4.69) is 4.99 Å². The van der Waals surface area contributed by atoms with E-state index < -0.39 is 5.91 Å². The van der Waals surface area contributed by atoms with Crippen molar-refractivity contribution in [1.29, 1.82) is 0 Å². The number of fused-ring (bicyclic) bond motifs is 3. The molecule has 6 heteroatoms. The Kier molecular flexibility index (Phi) is 3.85. The molecule has 0 spiro atoms. The number of carbonyl (C=O) groups is 1. The fourth-order valence-corrected chi connectivity index (χ4v) is 3.77. The lowest BCUT2D eigenvalue weighted by atomic mass is 9.96. The molecule has 0 bridgehead atoms. The molecule has 0 radical (unpaired) electrons. The number of hydrogen-bond donors (Lipinski definition) is 2. The SMILES string of the molecule is Cc1cc2c(cc1C(=O)N=C(N)N)SCc1ccc(Cl)cc1-2. The van der Waals surface area contributed by atoms with Crippen molar-refractivity contribution in [3.05, 3.63) is 52.0 Å². The summed E-state index contributed by atoms with van der Waals surface area (Å²) in [4.78, 5) is 16.7. The summed E-state index contributed by atoms with van der Waals surface area (Å²) in [5, 5.41) is 0.704. The van der Waals surface area contributed by atoms with Crippen LogP contribution in [0, 0.1) is 6.92 Å². The number of rotatable bonds is 1. The first-order valence-electron chi connectivity index (χ1n) is 6.66. The van der Waals surface area contributed by atoms with E-state index in [1.165, 1.54) is 5.56 Å². The normalized spacial score (nSPS) is 12.3. The molecule has 0 fully saturated rings. The summed E-state index contributed by atoms with van der Waals surface area (Å²) < 4.78 is 0. The van der Waals surface area contributed by atoms with Gasteiger partial charge in [0, 0.05) is 21.2 Å². The van der Waals surface area contributed by atoms with Crippen LogP contribution in [0.4, 0.5) is 0 Å². The molecule has 1 aliphatic rings. The van der Waals surface area contributed by atoms with Crippen LogP contribution in [0.25, 0.3) is 11.1 Å². The van der Waals surface area contributed by atoms with Gasteiger partial charge < -0.3 is 11.5 Å². The molecule has 4 nitrogen and oxygen atoms in total. The molecular formula is C16H14ClN3OS. The number of halogens is 1. The topological polar surface area (TPSA) is 81.5 Å². The van der Waals surface area contributed by atoms with E-state index in [0.29, 0.717) is 10.6 Å². The molecule has 2 aromatic rings. The maximum atomic E-state index is 12.1. The predicted molar refractivity (Wildman–Crippen MR) is 91.3 cm³/mol. The summed E-state index contributed by atoms with van der Waals surface area (Å²) in [6.07, 6.45) is 0. The average Bonchev–Trinajstić information content (AvgIpc) is 2.45. The molecular weight excluding hydrogens is 318 g/mol. The van der Waals surface area contributed by atoms with Crippen molar-refractivity contribution in [2.24, 2.45) is 16.5 Å². The number of aliphatic imine (C=N–C) groups is 1. The lowest BCUT2D eigenvalue weighted by molar-refractivity contribution is 0.100. The first kappa shape index (κ1) is 14.9. The zero-order valence-electron chi connectivity index (χ0n) is 11.9. The monoisotopic (exact) mass is 331 g/mol. The number of thioether (sulfide) groups is 1. The summed E-state index contributed by atoms with van der Waals surface area (Å²) in [6, 6.07) is 9.75. The van der Waals surface area contributed by atoms with Crippen LogP contribution in [0.1, 0.15) is 21.5 Å². The molecule has 0 atom stereocenters. The van der Waals surface area contributed by atoms with Crippen molar-refractivity contribution >= 4 is 35.2 Å². The lowest BCUT2D eigenvalue weighted by Crippen LogP contribution is -2.24. The van der Waals surface area contributed by atoms with E-state index in [9.17, 15) is 4.79 Å². The largest absolute Gasteiger partial charge is 0.370 e. The Bertz CT molecular complexity index is 813. The van der Waals surface area contributed by atoms with Gasteiger partial charge in [-0.2, -0.15) is 4.99 Å². The summed E-state index contributed by atoms with van der Waals surface area (Å²) >= 11 is 7.81. The summed E-state index contributed by atoms with van der Waals surface area (Å²) in [7, 11) is 0. The maximum absolute atomic E-state index is 12.1. The Morgan fingerprint density at radius 3 is 2.73 bits per heavy atom. The highest BCUT2D eigenvalue weighted by Gasteiger charge is 2.20. The highest BCUT2D eigenvalue weighted by atomic mass is 35.5. The molecule has 1 aliphatic heterocycles. The third-order valence-electron chi connectivity index (χ3n) is 3.53. The number of hydrogen-bond acceptors (Lipinski definition) is 2. The molecule has 4 N–H and O–H groups in total. The Hall–Kier alpha value is -1.98. The highest BCUT2D eigenvalue weighted by molar-refractivity contribution is 7.98. The van der Waals surface area contributed by atoms with Gasteiger partial charge in [0.05, 0.1) is 0 Å². The molecule has 0 aliphatic carbocycles. The van der Waals surface area contributed by atoms with Gasteiger partial charge in [-0.25, -0.2) is 0 Å². The van der Waals surface area contributed by atoms with Crippen LogP contribution in [0.15, 0.2) is 40.2 Å². The zero-order chi connectivity index (χ0) is 15.9. The van der Waals surface area contributed by atoms with Crippen molar-refractivity contribution < 1.29 is 4.79 Å². The lowest BCUT2D eigenvalue weighted by Gasteiger charge is -2.21. The average molecular weight is 332 g/mol. The van der Waals surface area contributed by atoms with Crippen molar-refractivity contribution in [2.75, 3.05) is 0 Å². The third kappa shape index (κ3) is 2.69. The van der Waals surface area contributed by atoms with Crippen LogP contribution < -0.4 is 11.5 Å². The summed E-state index contributed by atoms with van der Waals surface area (Å²) in [5.41, 5.74) is 15.4. The first-order valence-corrected chi connectivity index (χ1v) is 8.02. The van der Waals surface area contributed by atoms with Crippen molar-refractivity contribution in [3.63, 3.8) is 0 Å². The summed E-state index contributed by atoms with van der Waals surface area (Å²) in [5.74, 6) is 0.197. The molecule has 22 heavy (non-hydrogen) atoms. The van der Waals surface area contributed by atoms with Crippen LogP contribution in [0.5, 0.6) is 0 Å². The minimum Gasteiger partial charge on any atom is -0.370 e. The smallest absolute Gasteiger partial charge is 0.280 e. The van der Waals surface area contributed by atoms with Gasteiger partial charge in [-0.15, -0.1) is 11.8 Å². The van der Waals surface area contributed by atoms with Crippen LogP contribution in [0.3, 0.4) is 0 Å². The Morgan fingerprint density at radius 1 is 1.23 bits per heavy atom. The van der Waals surface area contributed by atoms with Gasteiger partial charge >= 0.3 is 0 Å². The number of nitrogens with zero attached hydrogens (tertiary/aromatic N) is 1. The van der Waals surface area contributed by atoms with Crippen molar-refractivity contribution in [2.45, 2.75) is 17.6 Å². The molecule has 2 aromatic carbocycles. The van der Waals surface area contributed by atoms with Crippen molar-refractivity contribution in [3.8, 4) is 11.1 Å². The van der Waals surface area contributed by atoms with E-state index in [1.807, 2.05) is 37.3 Å². The molecule has 3 rings (SSSR count). The second-order valence-corrected chi connectivity index (χ2v) is 6.55. The van der Waals surface area contributed by atoms with Gasteiger partial charge in [0.1, 0.15) is 0 Å². The minimum atomic E-state index is -0.419. The molecule has 0 unspecified atom stereocenters. The van der Waals surface area contributed by atoms with Crippen LogP contribution >= 0.6 is 23.4 Å². The van der Waals surface area contributed by atoms with Gasteiger partial charge in [0.2, 0.25) is 0 Å². The van der Waals surface area contributed by atoms with E-state index in [0.717, 1.165) is 27.3 Å². The van der Waals surface area contributed by atoms with Gasteiger partial charge in [-0.3, -0.25) is 4.79 Å². The first-order chi connectivity index (χ1) is 10.5. The third-order valence-corrected chi connectivity index (χ3v) is 4.87. The zero-order valence-corrected chi connectivity index (χ0v) is 13.5. The van der Waals surface area contributed by atoms with Crippen molar-refractivity contribution in [1.82, 2.24) is 0 Å². The number of amides is 1. The minimum absolute atomic E-state index is 0.230. The number of carbonyl (C=O) groups excluding carboxylic acids is 1. The van der Waals surface area contributed by atoms with Gasteiger partial charge in [-0.05, 0) is 53.4 Å². The Labute approximate surface area is 137 Å². The quantitative estimate of drug-likeness (QED) is 0.620. The Morgan fingerprint density at radius 2 is 2.00 bits per heavy atom. The number of nitrogens with two attached hydrogens (primary N) is 2. The van der Waals surface area contributed by atoms with Crippen LogP contribution in [-0.4, -0.2) is 11.9 Å². The van der Waals surface area contributed by atoms with Gasteiger partial charge in [0.15, 0.2) is 5.96 Å². The fourth-order valence-electron chi connectivity index (χ4n) is 2.51. The summed E-state index contributed by atoms with van der Waals surface area (Å²) in [6.45, 7) is 1.87. The van der Waals surface area contributed by atoms with Gasteiger partial charge in [-0.1, -0.05) is 17.7 Å². The maximum Gasteiger partial charge on any atom is 0.280 e. The molecule has 0 saturated carbocycles. The predicted octanol–water partition coefficient (Wildman–Crippen LogP) is 3.33. The van der Waals surface area contributed by atoms with Crippen LogP contribution in [-0.2, 0) is 5.75 Å². The highest BCUT2D eigenvalue weighted by Crippen LogP contribution is 2.43. The van der Waals surface area contributed by atoms with Crippen LogP contribution in [0.2, 0.25) is 5.02 Å². The van der Waals surface area contributed by atoms with E-state index in [-0.39, 0.29) is 5.96 Å². The van der Waals surface area contributed by atoms with E-state index >= 15 is 0 Å². The number of guanidine groups is 1. The molecule has 112 valence electrons. The second kappa shape index (κ2) is 5.66. The molecule has 0 saturated heterocycles. The molecule has 0 aromatic heterocycles. The van der Waals surface area contributed by atoms with E-state index in [1.54, 1.807) is 11.8 Å². The molecule has 1 amide bonds. The fraction of sp³-hybridized carbons (Fsp3) is 0.125.